The van der Waals surface area contributed by atoms with E-state index < -0.39 is 0 Å². The van der Waals surface area contributed by atoms with Crippen LogP contribution in [0.1, 0.15) is 37.8 Å². The van der Waals surface area contributed by atoms with Crippen molar-refractivity contribution in [1.82, 2.24) is 10.2 Å². The molecule has 1 aromatic carbocycles. The van der Waals surface area contributed by atoms with E-state index in [1.807, 2.05) is 38.1 Å². The smallest absolute Gasteiger partial charge is 0.243 e. The van der Waals surface area contributed by atoms with Crippen LogP contribution in [0.3, 0.4) is 0 Å². The molecule has 23 heavy (non-hydrogen) atoms. The molecule has 1 unspecified atom stereocenters. The molecule has 5 N–H and O–H groups in total. The molecule has 1 fully saturated rings. The number of carbonyl (C=O) groups excluding carboxylic acids is 2. The van der Waals surface area contributed by atoms with Crippen LogP contribution in [0.4, 0.5) is 0 Å². The Morgan fingerprint density at radius 1 is 1.17 bits per heavy atom. The van der Waals surface area contributed by atoms with Crippen LogP contribution in [-0.2, 0) is 22.7 Å². The summed E-state index contributed by atoms with van der Waals surface area (Å²) in [5.74, 6) is -0.280. The number of hydrogen-bond donors (Lipinski definition) is 3. The van der Waals surface area contributed by atoms with Crippen molar-refractivity contribution in [3.05, 3.63) is 35.4 Å². The molecule has 0 aromatic heterocycles. The maximum atomic E-state index is 12.2. The minimum absolute atomic E-state index is 0.0513. The Kier molecular flexibility index (Phi) is 8.29. The van der Waals surface area contributed by atoms with Crippen LogP contribution in [0.25, 0.3) is 0 Å². The monoisotopic (exact) mass is 320 g/mol. The summed E-state index contributed by atoms with van der Waals surface area (Å²) in [6.07, 6.45) is 1.54. The second-order valence-corrected chi connectivity index (χ2v) is 5.19. The molecule has 128 valence electrons. The lowest BCUT2D eigenvalue weighted by atomic mass is 10.1. The molecule has 1 aromatic rings. The zero-order valence-corrected chi connectivity index (χ0v) is 14.0. The molecule has 0 radical (unpaired) electrons. The van der Waals surface area contributed by atoms with E-state index in [9.17, 15) is 9.59 Å². The summed E-state index contributed by atoms with van der Waals surface area (Å²) in [7, 11) is 0. The van der Waals surface area contributed by atoms with Crippen LogP contribution in [0.5, 0.6) is 0 Å². The van der Waals surface area contributed by atoms with Crippen LogP contribution in [-0.4, -0.2) is 35.8 Å². The second-order valence-electron chi connectivity index (χ2n) is 5.19. The number of likely N-dealkylation sites (tertiary alicyclic amines) is 1. The fourth-order valence-electron chi connectivity index (χ4n) is 2.56. The topological polar surface area (TPSA) is 101 Å². The molecule has 1 saturated heterocycles. The number of nitrogens with two attached hydrogens (primary N) is 2. The van der Waals surface area contributed by atoms with Gasteiger partial charge in [-0.25, -0.2) is 0 Å². The fourth-order valence-corrected chi connectivity index (χ4v) is 2.56. The Balaban J connectivity index is 0.00000127. The van der Waals surface area contributed by atoms with Gasteiger partial charge in [-0.05, 0) is 24.0 Å². The second kappa shape index (κ2) is 9.97. The molecule has 6 heteroatoms. The van der Waals surface area contributed by atoms with E-state index in [1.165, 1.54) is 0 Å². The average molecular weight is 320 g/mol. The van der Waals surface area contributed by atoms with Crippen LogP contribution < -0.4 is 16.8 Å². The molecule has 1 heterocycles. The first-order valence-electron chi connectivity index (χ1n) is 8.21. The molecule has 1 aliphatic rings. The summed E-state index contributed by atoms with van der Waals surface area (Å²) >= 11 is 0. The third-order valence-corrected chi connectivity index (χ3v) is 3.78. The van der Waals surface area contributed by atoms with E-state index in [4.69, 9.17) is 11.5 Å². The normalized spacial score (nSPS) is 16.5. The average Bonchev–Trinajstić information content (AvgIpc) is 3.11. The summed E-state index contributed by atoms with van der Waals surface area (Å²) in [6, 6.07) is 7.40. The molecule has 0 saturated carbocycles. The maximum absolute atomic E-state index is 12.2. The number of benzene rings is 1. The van der Waals surface area contributed by atoms with Crippen molar-refractivity contribution in [3.63, 3.8) is 0 Å². The first kappa shape index (κ1) is 19.1. The van der Waals surface area contributed by atoms with Crippen LogP contribution in [0, 0.1) is 0 Å². The number of hydrogen-bond acceptors (Lipinski definition) is 4. The Bertz CT molecular complexity index is 502. The van der Waals surface area contributed by atoms with E-state index in [-0.39, 0.29) is 24.4 Å². The van der Waals surface area contributed by atoms with Crippen LogP contribution in [0.2, 0.25) is 0 Å². The third kappa shape index (κ3) is 5.33. The third-order valence-electron chi connectivity index (χ3n) is 3.78. The predicted molar refractivity (Wildman–Crippen MR) is 91.3 cm³/mol. The molecule has 0 aliphatic carbocycles. The van der Waals surface area contributed by atoms with Gasteiger partial charge in [0.2, 0.25) is 11.8 Å². The number of nitrogens with one attached hydrogen (secondary N) is 1. The van der Waals surface area contributed by atoms with E-state index in [2.05, 4.69) is 5.32 Å². The minimum Gasteiger partial charge on any atom is -0.350 e. The Morgan fingerprint density at radius 2 is 1.78 bits per heavy atom. The lowest BCUT2D eigenvalue weighted by Gasteiger charge is -2.23. The lowest BCUT2D eigenvalue weighted by molar-refractivity contribution is -0.137. The van der Waals surface area contributed by atoms with Gasteiger partial charge in [-0.2, -0.15) is 0 Å². The van der Waals surface area contributed by atoms with Gasteiger partial charge in [0.05, 0.1) is 6.54 Å². The van der Waals surface area contributed by atoms with Crippen molar-refractivity contribution in [2.75, 3.05) is 13.1 Å². The number of amides is 2. The molecule has 0 bridgehead atoms. The van der Waals surface area contributed by atoms with Crippen molar-refractivity contribution in [2.45, 2.75) is 45.8 Å². The first-order valence-corrected chi connectivity index (χ1v) is 8.21. The molecular formula is C17H28N4O2. The van der Waals surface area contributed by atoms with Gasteiger partial charge < -0.3 is 21.7 Å². The molecule has 1 aliphatic heterocycles. The molecule has 2 rings (SSSR count). The van der Waals surface area contributed by atoms with Gasteiger partial charge in [0, 0.05) is 19.6 Å². The van der Waals surface area contributed by atoms with Gasteiger partial charge in [-0.1, -0.05) is 38.1 Å². The zero-order valence-electron chi connectivity index (χ0n) is 14.0. The van der Waals surface area contributed by atoms with Gasteiger partial charge in [-0.3, -0.25) is 9.59 Å². The molecule has 1 atom stereocenters. The summed E-state index contributed by atoms with van der Waals surface area (Å²) in [5.41, 5.74) is 13.0. The summed E-state index contributed by atoms with van der Waals surface area (Å²) in [5, 5.41) is 2.88. The summed E-state index contributed by atoms with van der Waals surface area (Å²) < 4.78 is 0. The molecule has 6 nitrogen and oxygen atoms in total. The standard InChI is InChI=1S/C15H22N4O2.C2H6/c16-8-11-3-5-12(6-4-11)10-18-15(21)13-2-1-7-19(13)14(20)9-17;1-2/h3-6,13H,1-2,7-10,16-17H2,(H,18,21);1-2H3. The maximum Gasteiger partial charge on any atom is 0.243 e. The highest BCUT2D eigenvalue weighted by molar-refractivity contribution is 5.88. The van der Waals surface area contributed by atoms with Crippen molar-refractivity contribution in [1.29, 1.82) is 0 Å². The van der Waals surface area contributed by atoms with E-state index >= 15 is 0 Å². The Hall–Kier alpha value is -1.92. The highest BCUT2D eigenvalue weighted by Gasteiger charge is 2.33. The van der Waals surface area contributed by atoms with Gasteiger partial charge in [0.15, 0.2) is 0 Å². The van der Waals surface area contributed by atoms with Crippen molar-refractivity contribution in [2.24, 2.45) is 11.5 Å². The Morgan fingerprint density at radius 3 is 2.35 bits per heavy atom. The molecule has 0 spiro atoms. The van der Waals surface area contributed by atoms with Gasteiger partial charge >= 0.3 is 0 Å². The lowest BCUT2D eigenvalue weighted by Crippen LogP contribution is -2.47. The predicted octanol–water partition coefficient (Wildman–Crippen LogP) is 0.737. The van der Waals surface area contributed by atoms with Gasteiger partial charge in [0.1, 0.15) is 6.04 Å². The highest BCUT2D eigenvalue weighted by Crippen LogP contribution is 2.17. The number of carbonyl (C=O) groups is 2. The highest BCUT2D eigenvalue weighted by atomic mass is 16.2. The number of nitrogens with zero attached hydrogens (tertiary/aromatic N) is 1. The first-order chi connectivity index (χ1) is 11.2. The number of rotatable bonds is 5. The Labute approximate surface area is 138 Å². The van der Waals surface area contributed by atoms with Crippen molar-refractivity contribution in [3.8, 4) is 0 Å². The largest absolute Gasteiger partial charge is 0.350 e. The van der Waals surface area contributed by atoms with Gasteiger partial charge in [0.25, 0.3) is 0 Å². The van der Waals surface area contributed by atoms with E-state index in [0.29, 0.717) is 26.1 Å². The van der Waals surface area contributed by atoms with Gasteiger partial charge in [-0.15, -0.1) is 0 Å². The van der Waals surface area contributed by atoms with E-state index in [0.717, 1.165) is 17.5 Å². The summed E-state index contributed by atoms with van der Waals surface area (Å²) in [6.45, 7) is 5.51. The minimum atomic E-state index is -0.385. The molecular weight excluding hydrogens is 292 g/mol. The molecule has 2 amide bonds. The summed E-state index contributed by atoms with van der Waals surface area (Å²) in [4.78, 5) is 25.5. The van der Waals surface area contributed by atoms with Crippen LogP contribution >= 0.6 is 0 Å². The SMILES string of the molecule is CC.NCC(=O)N1CCCC1C(=O)NCc1ccc(CN)cc1. The van der Waals surface area contributed by atoms with E-state index in [1.54, 1.807) is 4.90 Å². The zero-order chi connectivity index (χ0) is 17.2. The van der Waals surface area contributed by atoms with Crippen molar-refractivity contribution >= 4 is 11.8 Å². The van der Waals surface area contributed by atoms with Crippen LogP contribution in [0.15, 0.2) is 24.3 Å². The quantitative estimate of drug-likeness (QED) is 0.744. The van der Waals surface area contributed by atoms with Crippen molar-refractivity contribution < 1.29 is 9.59 Å². The fraction of sp³-hybridized carbons (Fsp3) is 0.529.